The monoisotopic (exact) mass is 484 g/mol. The first-order valence-electron chi connectivity index (χ1n) is 14.1. The minimum atomic E-state index is -4.89. The first kappa shape index (κ1) is 26.3. The third-order valence-electron chi connectivity index (χ3n) is 11.3. The lowest BCUT2D eigenvalue weighted by Crippen LogP contribution is -2.54. The number of alkyl halides is 3. The Labute approximate surface area is 205 Å². The predicted octanol–water partition coefficient (Wildman–Crippen LogP) is 8.58. The molecule has 4 saturated carbocycles. The summed E-state index contributed by atoms with van der Waals surface area (Å²) in [4.78, 5) is 11.4. The third-order valence-corrected chi connectivity index (χ3v) is 11.3. The normalized spacial score (nSPS) is 43.1. The van der Waals surface area contributed by atoms with Crippen molar-refractivity contribution in [1.29, 1.82) is 0 Å². The quantitative estimate of drug-likeness (QED) is 0.353. The molecule has 1 unspecified atom stereocenters. The average Bonchev–Trinajstić information content (AvgIpc) is 3.10. The SMILES string of the molecule is CC(C)CCC[C@@H](C)[C@H]1CC[C@H]2[C@@H]3CCC4C[C@@H](OC(=O)C(F)(F)F)CC[C@]4(C)[C@H]3CC[C@]12C. The van der Waals surface area contributed by atoms with Gasteiger partial charge in [0.15, 0.2) is 0 Å². The molecule has 0 aliphatic heterocycles. The van der Waals surface area contributed by atoms with E-state index < -0.39 is 18.2 Å². The molecule has 5 heteroatoms. The Balaban J connectivity index is 1.41. The Morgan fingerprint density at radius 2 is 1.59 bits per heavy atom. The van der Waals surface area contributed by atoms with Gasteiger partial charge in [0.25, 0.3) is 0 Å². The summed E-state index contributed by atoms with van der Waals surface area (Å²) in [6.45, 7) is 12.2. The first-order valence-corrected chi connectivity index (χ1v) is 14.1. The molecule has 4 rings (SSSR count). The molecule has 0 radical (unpaired) electrons. The zero-order valence-electron chi connectivity index (χ0n) is 22.1. The second kappa shape index (κ2) is 9.61. The average molecular weight is 485 g/mol. The van der Waals surface area contributed by atoms with Crippen LogP contribution in [0.3, 0.4) is 0 Å². The molecular weight excluding hydrogens is 437 g/mol. The van der Waals surface area contributed by atoms with Gasteiger partial charge < -0.3 is 4.74 Å². The van der Waals surface area contributed by atoms with Crippen molar-refractivity contribution in [1.82, 2.24) is 0 Å². The largest absolute Gasteiger partial charge is 0.490 e. The molecule has 0 aromatic carbocycles. The maximum absolute atomic E-state index is 12.7. The lowest BCUT2D eigenvalue weighted by Gasteiger charge is -2.61. The van der Waals surface area contributed by atoms with E-state index in [1.165, 1.54) is 51.4 Å². The number of ether oxygens (including phenoxy) is 1. The zero-order chi connectivity index (χ0) is 24.9. The summed E-state index contributed by atoms with van der Waals surface area (Å²) in [7, 11) is 0. The summed E-state index contributed by atoms with van der Waals surface area (Å²) in [6.07, 6.45) is 8.28. The topological polar surface area (TPSA) is 26.3 Å². The second-order valence-corrected chi connectivity index (χ2v) is 13.5. The van der Waals surface area contributed by atoms with Gasteiger partial charge in [0.1, 0.15) is 6.10 Å². The van der Waals surface area contributed by atoms with E-state index in [9.17, 15) is 18.0 Å². The van der Waals surface area contributed by atoms with Gasteiger partial charge in [-0.2, -0.15) is 13.2 Å². The van der Waals surface area contributed by atoms with Crippen molar-refractivity contribution in [3.05, 3.63) is 0 Å². The van der Waals surface area contributed by atoms with Crippen molar-refractivity contribution in [2.75, 3.05) is 0 Å². The van der Waals surface area contributed by atoms with Gasteiger partial charge in [-0.3, -0.25) is 0 Å². The van der Waals surface area contributed by atoms with Gasteiger partial charge in [-0.25, -0.2) is 4.79 Å². The molecule has 2 nitrogen and oxygen atoms in total. The van der Waals surface area contributed by atoms with E-state index in [2.05, 4.69) is 34.6 Å². The number of esters is 1. The van der Waals surface area contributed by atoms with Crippen LogP contribution in [0.15, 0.2) is 0 Å². The Hall–Kier alpha value is -0.740. The number of fused-ring (bicyclic) bond motifs is 5. The van der Waals surface area contributed by atoms with E-state index in [0.717, 1.165) is 42.4 Å². The van der Waals surface area contributed by atoms with Crippen molar-refractivity contribution in [2.24, 2.45) is 52.3 Å². The zero-order valence-corrected chi connectivity index (χ0v) is 22.1. The standard InChI is InChI=1S/C29H47F3O2/c1-18(2)7-6-8-19(3)23-11-12-24-22-10-9-20-17-21(34-26(33)29(30,31)32)13-15-27(20,4)25(22)14-16-28(23,24)5/h18-25H,6-17H2,1-5H3/t19-,20?,21+,22+,23-,24+,25+,27+,28-/m1/s1. The maximum atomic E-state index is 12.7. The van der Waals surface area contributed by atoms with E-state index in [1.807, 2.05) is 0 Å². The van der Waals surface area contributed by atoms with Crippen molar-refractivity contribution < 1.29 is 22.7 Å². The summed E-state index contributed by atoms with van der Waals surface area (Å²) in [6, 6.07) is 0. The van der Waals surface area contributed by atoms with Gasteiger partial charge in [0.2, 0.25) is 0 Å². The minimum absolute atomic E-state index is 0.187. The molecule has 0 amide bonds. The lowest BCUT2D eigenvalue weighted by atomic mass is 9.44. The summed E-state index contributed by atoms with van der Waals surface area (Å²) >= 11 is 0. The Bertz CT molecular complexity index is 733. The molecule has 196 valence electrons. The van der Waals surface area contributed by atoms with E-state index in [-0.39, 0.29) is 5.41 Å². The Kier molecular flexibility index (Phi) is 7.44. The highest BCUT2D eigenvalue weighted by Crippen LogP contribution is 2.68. The van der Waals surface area contributed by atoms with Gasteiger partial charge in [0, 0.05) is 0 Å². The van der Waals surface area contributed by atoms with Crippen LogP contribution in [0.25, 0.3) is 0 Å². The van der Waals surface area contributed by atoms with Crippen LogP contribution in [0.1, 0.15) is 112 Å². The van der Waals surface area contributed by atoms with E-state index >= 15 is 0 Å². The van der Waals surface area contributed by atoms with E-state index in [4.69, 9.17) is 4.74 Å². The van der Waals surface area contributed by atoms with Gasteiger partial charge in [-0.15, -0.1) is 0 Å². The van der Waals surface area contributed by atoms with Crippen molar-refractivity contribution in [2.45, 2.75) is 124 Å². The summed E-state index contributed by atoms with van der Waals surface area (Å²) < 4.78 is 43.0. The van der Waals surface area contributed by atoms with Crippen LogP contribution in [0.4, 0.5) is 13.2 Å². The molecule has 4 aliphatic rings. The van der Waals surface area contributed by atoms with E-state index in [1.54, 1.807) is 0 Å². The number of carbonyl (C=O) groups is 1. The molecule has 0 heterocycles. The summed E-state index contributed by atoms with van der Waals surface area (Å²) in [5.41, 5.74) is 0.646. The summed E-state index contributed by atoms with van der Waals surface area (Å²) in [5, 5.41) is 0. The fraction of sp³-hybridized carbons (Fsp3) is 0.966. The Morgan fingerprint density at radius 1 is 0.912 bits per heavy atom. The van der Waals surface area contributed by atoms with Crippen molar-refractivity contribution in [3.63, 3.8) is 0 Å². The van der Waals surface area contributed by atoms with Crippen LogP contribution < -0.4 is 0 Å². The van der Waals surface area contributed by atoms with Gasteiger partial charge in [0.05, 0.1) is 0 Å². The minimum Gasteiger partial charge on any atom is -0.456 e. The molecule has 0 bridgehead atoms. The molecule has 0 aromatic heterocycles. The smallest absolute Gasteiger partial charge is 0.456 e. The molecule has 0 saturated heterocycles. The van der Waals surface area contributed by atoms with Crippen LogP contribution in [0.5, 0.6) is 0 Å². The molecule has 34 heavy (non-hydrogen) atoms. The van der Waals surface area contributed by atoms with Crippen LogP contribution >= 0.6 is 0 Å². The molecule has 9 atom stereocenters. The van der Waals surface area contributed by atoms with Crippen LogP contribution in [0, 0.1) is 52.3 Å². The van der Waals surface area contributed by atoms with Crippen LogP contribution in [-0.4, -0.2) is 18.2 Å². The fourth-order valence-electron chi connectivity index (χ4n) is 9.57. The van der Waals surface area contributed by atoms with Gasteiger partial charge >= 0.3 is 12.1 Å². The first-order chi connectivity index (χ1) is 15.9. The van der Waals surface area contributed by atoms with Gasteiger partial charge in [-0.05, 0) is 110 Å². The number of hydrogen-bond acceptors (Lipinski definition) is 2. The van der Waals surface area contributed by atoms with Crippen LogP contribution in [0.2, 0.25) is 0 Å². The Morgan fingerprint density at radius 3 is 2.26 bits per heavy atom. The molecule has 0 N–H and O–H groups in total. The maximum Gasteiger partial charge on any atom is 0.490 e. The number of halogens is 3. The van der Waals surface area contributed by atoms with Crippen molar-refractivity contribution >= 4 is 5.97 Å². The van der Waals surface area contributed by atoms with Crippen LogP contribution in [-0.2, 0) is 9.53 Å². The fourth-order valence-corrected chi connectivity index (χ4v) is 9.57. The molecule has 4 aliphatic carbocycles. The predicted molar refractivity (Wildman–Crippen MR) is 129 cm³/mol. The highest BCUT2D eigenvalue weighted by atomic mass is 19.4. The molecule has 4 fully saturated rings. The summed E-state index contributed by atoms with van der Waals surface area (Å²) in [5.74, 6) is 3.05. The van der Waals surface area contributed by atoms with Crippen molar-refractivity contribution in [3.8, 4) is 0 Å². The molecule has 0 aromatic rings. The number of hydrogen-bond donors (Lipinski definition) is 0. The highest BCUT2D eigenvalue weighted by Gasteiger charge is 2.61. The van der Waals surface area contributed by atoms with Gasteiger partial charge in [-0.1, -0.05) is 53.9 Å². The lowest BCUT2D eigenvalue weighted by molar-refractivity contribution is -0.210. The molecular formula is C29H47F3O2. The van der Waals surface area contributed by atoms with E-state index in [0.29, 0.717) is 30.1 Å². The second-order valence-electron chi connectivity index (χ2n) is 13.5. The molecule has 0 spiro atoms. The number of carbonyl (C=O) groups excluding carboxylic acids is 1. The highest BCUT2D eigenvalue weighted by molar-refractivity contribution is 5.75. The third kappa shape index (κ3) is 4.80. The number of rotatable bonds is 6.